The Morgan fingerprint density at radius 2 is 1.39 bits per heavy atom. The van der Waals surface area contributed by atoms with Gasteiger partial charge in [0.2, 0.25) is 0 Å². The van der Waals surface area contributed by atoms with E-state index >= 15 is 0 Å². The van der Waals surface area contributed by atoms with Gasteiger partial charge in [-0.2, -0.15) is 16.8 Å². The predicted molar refractivity (Wildman–Crippen MR) is 111 cm³/mol. The second kappa shape index (κ2) is 7.46. The van der Waals surface area contributed by atoms with Crippen LogP contribution in [0.15, 0.2) is 50.4 Å². The second-order valence-corrected chi connectivity index (χ2v) is 9.52. The number of anilines is 1. The number of fused-ring (bicyclic) bond motifs is 1. The smallest absolute Gasteiger partial charge is 0.298 e. The number of rotatable bonds is 4. The molecule has 0 spiro atoms. The van der Waals surface area contributed by atoms with Crippen molar-refractivity contribution in [1.82, 2.24) is 0 Å². The summed E-state index contributed by atoms with van der Waals surface area (Å²) in [5.74, 6) is -1.39. The second-order valence-electron chi connectivity index (χ2n) is 6.74. The van der Waals surface area contributed by atoms with Gasteiger partial charge in [-0.25, -0.2) is 0 Å². The first-order chi connectivity index (χ1) is 14.2. The summed E-state index contributed by atoms with van der Waals surface area (Å²) in [6.07, 6.45) is 0. The van der Waals surface area contributed by atoms with E-state index in [1.165, 1.54) is 32.0 Å². The number of nitrogens with two attached hydrogens (primary N) is 1. The van der Waals surface area contributed by atoms with Crippen molar-refractivity contribution < 1.29 is 36.2 Å². The van der Waals surface area contributed by atoms with Crippen LogP contribution in [0.2, 0.25) is 0 Å². The highest BCUT2D eigenvalue weighted by molar-refractivity contribution is 7.86. The zero-order valence-electron chi connectivity index (χ0n) is 16.1. The highest BCUT2D eigenvalue weighted by atomic mass is 32.2. The molecule has 0 aromatic heterocycles. The average molecular weight is 467 g/mol. The van der Waals surface area contributed by atoms with Gasteiger partial charge in [0.05, 0.1) is 5.39 Å². The van der Waals surface area contributed by atoms with Crippen LogP contribution < -0.4 is 5.73 Å². The van der Waals surface area contributed by atoms with Gasteiger partial charge < -0.3 is 15.9 Å². The number of hydrogen-bond donors (Lipinski definition) is 5. The zero-order chi connectivity index (χ0) is 23.3. The van der Waals surface area contributed by atoms with Crippen LogP contribution in [0.1, 0.15) is 11.1 Å². The number of aromatic hydroxyl groups is 2. The lowest BCUT2D eigenvalue weighted by atomic mass is 10.0. The SMILES string of the molecule is Cc1cc(N=Nc2ccc3c(S(=O)(=O)O)cc(C)c(N)c3c2O)c(O)c(S(=O)(=O)O)c1. The van der Waals surface area contributed by atoms with Crippen LogP contribution >= 0.6 is 0 Å². The molecule has 0 fully saturated rings. The van der Waals surface area contributed by atoms with E-state index in [1.54, 1.807) is 0 Å². The molecular formula is C18H17N3O8S2. The molecule has 0 amide bonds. The van der Waals surface area contributed by atoms with Gasteiger partial charge in [0.25, 0.3) is 20.2 Å². The van der Waals surface area contributed by atoms with Crippen molar-refractivity contribution in [2.75, 3.05) is 5.73 Å². The maximum atomic E-state index is 11.7. The first-order valence-corrected chi connectivity index (χ1v) is 11.3. The van der Waals surface area contributed by atoms with Gasteiger partial charge in [0, 0.05) is 11.1 Å². The van der Waals surface area contributed by atoms with Crippen LogP contribution in [-0.4, -0.2) is 36.2 Å². The summed E-state index contributed by atoms with van der Waals surface area (Å²) in [5, 5.41) is 28.1. The maximum absolute atomic E-state index is 11.7. The number of nitrogens with zero attached hydrogens (tertiary/aromatic N) is 2. The fraction of sp³-hybridized carbons (Fsp3) is 0.111. The number of phenols is 2. The molecule has 0 aliphatic carbocycles. The molecule has 0 unspecified atom stereocenters. The topological polar surface area (TPSA) is 200 Å². The van der Waals surface area contributed by atoms with E-state index in [9.17, 15) is 36.2 Å². The molecule has 0 saturated carbocycles. The van der Waals surface area contributed by atoms with Gasteiger partial charge in [-0.15, -0.1) is 10.2 Å². The predicted octanol–water partition coefficient (Wildman–Crippen LogP) is 3.36. The summed E-state index contributed by atoms with van der Waals surface area (Å²) >= 11 is 0. The lowest BCUT2D eigenvalue weighted by molar-refractivity contribution is 0.443. The van der Waals surface area contributed by atoms with Crippen molar-refractivity contribution >= 4 is 48.1 Å². The van der Waals surface area contributed by atoms with Crippen LogP contribution in [0.4, 0.5) is 17.1 Å². The Kier molecular flexibility index (Phi) is 5.40. The Morgan fingerprint density at radius 3 is 1.97 bits per heavy atom. The number of phenolic OH excluding ortho intramolecular Hbond substituents is 2. The summed E-state index contributed by atoms with van der Waals surface area (Å²) in [5.41, 5.74) is 6.16. The number of aryl methyl sites for hydroxylation is 2. The third-order valence-electron chi connectivity index (χ3n) is 4.48. The minimum absolute atomic E-state index is 0.0454. The molecule has 6 N–H and O–H groups in total. The lowest BCUT2D eigenvalue weighted by Crippen LogP contribution is -2.02. The standard InChI is InChI=1S/C18H17N3O8S2/c1-8-5-12(17(22)14(6-8)31(27,28)29)21-20-11-4-3-10-13(30(24,25)26)7-9(2)16(19)15(10)18(11)23/h3-7,22-23H,19H2,1-2H3,(H,24,25,26)(H,27,28,29). The fourth-order valence-electron chi connectivity index (χ4n) is 3.01. The minimum atomic E-state index is -4.73. The Bertz CT molecular complexity index is 1480. The lowest BCUT2D eigenvalue weighted by Gasteiger charge is -2.12. The Labute approximate surface area is 177 Å². The molecule has 3 aromatic carbocycles. The Balaban J connectivity index is 2.23. The van der Waals surface area contributed by atoms with Gasteiger partial charge in [0.1, 0.15) is 21.2 Å². The van der Waals surface area contributed by atoms with Gasteiger partial charge in [0.15, 0.2) is 11.5 Å². The molecule has 0 atom stereocenters. The molecule has 0 aliphatic heterocycles. The molecular weight excluding hydrogens is 450 g/mol. The van der Waals surface area contributed by atoms with Gasteiger partial charge in [-0.05, 0) is 49.2 Å². The van der Waals surface area contributed by atoms with Gasteiger partial charge in [-0.1, -0.05) is 6.07 Å². The molecule has 3 aromatic rings. The summed E-state index contributed by atoms with van der Waals surface area (Å²) in [4.78, 5) is -1.22. The van der Waals surface area contributed by atoms with E-state index in [4.69, 9.17) is 5.73 Å². The van der Waals surface area contributed by atoms with Crippen molar-refractivity contribution in [1.29, 1.82) is 0 Å². The van der Waals surface area contributed by atoms with E-state index in [-0.39, 0.29) is 33.4 Å². The third kappa shape index (κ3) is 4.16. The van der Waals surface area contributed by atoms with E-state index in [2.05, 4.69) is 10.2 Å². The fourth-order valence-corrected chi connectivity index (χ4v) is 4.47. The third-order valence-corrected chi connectivity index (χ3v) is 6.24. The molecule has 31 heavy (non-hydrogen) atoms. The summed E-state index contributed by atoms with van der Waals surface area (Å²) in [6, 6.07) is 5.94. The monoisotopic (exact) mass is 467 g/mol. The Hall–Kier alpha value is -3.26. The van der Waals surface area contributed by atoms with Crippen LogP contribution in [0.3, 0.4) is 0 Å². The molecule has 3 rings (SSSR count). The van der Waals surface area contributed by atoms with E-state index in [1.807, 2.05) is 0 Å². The van der Waals surface area contributed by atoms with Crippen LogP contribution in [-0.2, 0) is 20.2 Å². The van der Waals surface area contributed by atoms with Crippen molar-refractivity contribution in [3.8, 4) is 11.5 Å². The molecule has 0 saturated heterocycles. The van der Waals surface area contributed by atoms with Gasteiger partial charge >= 0.3 is 0 Å². The van der Waals surface area contributed by atoms with E-state index in [0.717, 1.165) is 12.1 Å². The molecule has 0 radical (unpaired) electrons. The Morgan fingerprint density at radius 1 is 0.806 bits per heavy atom. The van der Waals surface area contributed by atoms with Crippen molar-refractivity contribution in [2.45, 2.75) is 23.6 Å². The summed E-state index contributed by atoms with van der Waals surface area (Å²) in [7, 11) is -9.34. The number of nitrogen functional groups attached to an aromatic ring is 1. The summed E-state index contributed by atoms with van der Waals surface area (Å²) in [6.45, 7) is 2.99. The number of azo groups is 1. The zero-order valence-corrected chi connectivity index (χ0v) is 17.7. The molecule has 0 bridgehead atoms. The van der Waals surface area contributed by atoms with Gasteiger partial charge in [-0.3, -0.25) is 9.11 Å². The first-order valence-electron chi connectivity index (χ1n) is 8.47. The van der Waals surface area contributed by atoms with Crippen molar-refractivity contribution in [3.05, 3.63) is 41.5 Å². The number of benzene rings is 3. The van der Waals surface area contributed by atoms with Crippen LogP contribution in [0, 0.1) is 13.8 Å². The molecule has 164 valence electrons. The molecule has 0 heterocycles. The van der Waals surface area contributed by atoms with E-state index < -0.39 is 41.5 Å². The first kappa shape index (κ1) is 22.4. The number of hydrogen-bond acceptors (Lipinski definition) is 9. The summed E-state index contributed by atoms with van der Waals surface area (Å²) < 4.78 is 64.9. The minimum Gasteiger partial charge on any atom is -0.505 e. The normalized spacial score (nSPS) is 12.6. The van der Waals surface area contributed by atoms with Crippen molar-refractivity contribution in [2.24, 2.45) is 10.2 Å². The largest absolute Gasteiger partial charge is 0.505 e. The molecule has 0 aliphatic rings. The van der Waals surface area contributed by atoms with Crippen LogP contribution in [0.25, 0.3) is 10.8 Å². The maximum Gasteiger partial charge on any atom is 0.298 e. The van der Waals surface area contributed by atoms with Crippen LogP contribution in [0.5, 0.6) is 11.5 Å². The van der Waals surface area contributed by atoms with Crippen molar-refractivity contribution in [3.63, 3.8) is 0 Å². The highest BCUT2D eigenvalue weighted by Crippen LogP contribution is 2.43. The highest BCUT2D eigenvalue weighted by Gasteiger charge is 2.22. The molecule has 13 heteroatoms. The van der Waals surface area contributed by atoms with E-state index in [0.29, 0.717) is 5.56 Å². The quantitative estimate of drug-likeness (QED) is 0.217. The molecule has 11 nitrogen and oxygen atoms in total. The average Bonchev–Trinajstić information content (AvgIpc) is 2.64.